The molecule has 0 aromatic carbocycles. The first-order valence-electron chi connectivity index (χ1n) is 4.80. The van der Waals surface area contributed by atoms with Gasteiger partial charge in [-0.3, -0.25) is 9.69 Å². The highest BCUT2D eigenvalue weighted by molar-refractivity contribution is 5.77. The highest BCUT2D eigenvalue weighted by atomic mass is 16.1. The molecule has 0 saturated heterocycles. The Morgan fingerprint density at radius 2 is 2.31 bits per heavy atom. The van der Waals surface area contributed by atoms with Crippen molar-refractivity contribution in [3.8, 4) is 0 Å². The summed E-state index contributed by atoms with van der Waals surface area (Å²) in [5, 5.41) is 2.61. The van der Waals surface area contributed by atoms with E-state index in [0.717, 1.165) is 5.92 Å². The molecule has 1 aliphatic carbocycles. The molecule has 0 radical (unpaired) electrons. The van der Waals surface area contributed by atoms with Crippen molar-refractivity contribution in [2.75, 3.05) is 27.2 Å². The largest absolute Gasteiger partial charge is 0.358 e. The third-order valence-corrected chi connectivity index (χ3v) is 2.65. The van der Waals surface area contributed by atoms with E-state index < -0.39 is 0 Å². The molecule has 1 unspecified atom stereocenters. The second-order valence-corrected chi connectivity index (χ2v) is 3.73. The van der Waals surface area contributed by atoms with Crippen molar-refractivity contribution in [2.24, 2.45) is 11.7 Å². The normalized spacial score (nSPS) is 18.8. The maximum Gasteiger partial charge on any atom is 0.233 e. The summed E-state index contributed by atoms with van der Waals surface area (Å²) in [5.41, 5.74) is 5.66. The summed E-state index contributed by atoms with van der Waals surface area (Å²) in [4.78, 5) is 13.1. The smallest absolute Gasteiger partial charge is 0.233 e. The topological polar surface area (TPSA) is 58.4 Å². The van der Waals surface area contributed by atoms with Crippen molar-refractivity contribution in [3.63, 3.8) is 0 Å². The average Bonchev–Trinajstić information content (AvgIpc) is 2.89. The highest BCUT2D eigenvalue weighted by Crippen LogP contribution is 2.34. The molecule has 0 bridgehead atoms. The number of nitrogens with two attached hydrogens (primary N) is 1. The molecule has 4 nitrogen and oxygen atoms in total. The number of rotatable bonds is 5. The molecule has 76 valence electrons. The van der Waals surface area contributed by atoms with E-state index in [9.17, 15) is 4.79 Å². The van der Waals surface area contributed by atoms with Crippen LogP contribution in [-0.4, -0.2) is 44.0 Å². The average molecular weight is 185 g/mol. The van der Waals surface area contributed by atoms with Gasteiger partial charge in [0, 0.05) is 19.6 Å². The molecule has 3 N–H and O–H groups in total. The van der Waals surface area contributed by atoms with Gasteiger partial charge in [0.25, 0.3) is 0 Å². The standard InChI is InChI=1S/C9H19N3O/c1-11-9(13)6-12(2)8(5-10)7-3-4-7/h7-8H,3-6,10H2,1-2H3,(H,11,13). The molecule has 0 aromatic heterocycles. The van der Waals surface area contributed by atoms with E-state index in [0.29, 0.717) is 19.1 Å². The van der Waals surface area contributed by atoms with Gasteiger partial charge in [-0.25, -0.2) is 0 Å². The third-order valence-electron chi connectivity index (χ3n) is 2.65. The minimum atomic E-state index is 0.0570. The van der Waals surface area contributed by atoms with Gasteiger partial charge in [-0.15, -0.1) is 0 Å². The van der Waals surface area contributed by atoms with Gasteiger partial charge in [-0.05, 0) is 25.8 Å². The lowest BCUT2D eigenvalue weighted by molar-refractivity contribution is -0.122. The molecule has 13 heavy (non-hydrogen) atoms. The zero-order valence-corrected chi connectivity index (χ0v) is 8.42. The minimum absolute atomic E-state index is 0.0570. The number of carbonyl (C=O) groups excluding carboxylic acids is 1. The Bertz CT molecular complexity index is 180. The second kappa shape index (κ2) is 4.58. The molecule has 1 aliphatic rings. The third kappa shape index (κ3) is 2.97. The molecule has 1 rings (SSSR count). The van der Waals surface area contributed by atoms with Crippen molar-refractivity contribution in [1.82, 2.24) is 10.2 Å². The van der Waals surface area contributed by atoms with E-state index in [2.05, 4.69) is 10.2 Å². The van der Waals surface area contributed by atoms with E-state index in [1.54, 1.807) is 7.05 Å². The maximum absolute atomic E-state index is 11.1. The van der Waals surface area contributed by atoms with Crippen LogP contribution in [0, 0.1) is 5.92 Å². The van der Waals surface area contributed by atoms with Crippen molar-refractivity contribution >= 4 is 5.91 Å². The molecule has 1 atom stereocenters. The van der Waals surface area contributed by atoms with Gasteiger partial charge in [0.2, 0.25) is 5.91 Å². The first-order chi connectivity index (χ1) is 6.19. The van der Waals surface area contributed by atoms with E-state index in [1.165, 1.54) is 12.8 Å². The van der Waals surface area contributed by atoms with Crippen molar-refractivity contribution in [1.29, 1.82) is 0 Å². The zero-order chi connectivity index (χ0) is 9.84. The van der Waals surface area contributed by atoms with Crippen LogP contribution < -0.4 is 11.1 Å². The predicted molar refractivity (Wildman–Crippen MR) is 52.3 cm³/mol. The van der Waals surface area contributed by atoms with Crippen molar-refractivity contribution in [2.45, 2.75) is 18.9 Å². The van der Waals surface area contributed by atoms with Crippen molar-refractivity contribution < 1.29 is 4.79 Å². The fourth-order valence-electron chi connectivity index (χ4n) is 1.64. The Morgan fingerprint density at radius 3 is 2.69 bits per heavy atom. The summed E-state index contributed by atoms with van der Waals surface area (Å²) in [7, 11) is 3.62. The summed E-state index contributed by atoms with van der Waals surface area (Å²) in [6.07, 6.45) is 2.53. The van der Waals surface area contributed by atoms with E-state index in [-0.39, 0.29) is 5.91 Å². The van der Waals surface area contributed by atoms with Gasteiger partial charge in [0.15, 0.2) is 0 Å². The lowest BCUT2D eigenvalue weighted by Gasteiger charge is -2.25. The minimum Gasteiger partial charge on any atom is -0.358 e. The second-order valence-electron chi connectivity index (χ2n) is 3.73. The summed E-state index contributed by atoms with van der Waals surface area (Å²) in [5.74, 6) is 0.779. The Morgan fingerprint density at radius 1 is 1.69 bits per heavy atom. The van der Waals surface area contributed by atoms with Gasteiger partial charge in [0.05, 0.1) is 6.54 Å². The van der Waals surface area contributed by atoms with Crippen LogP contribution in [0.1, 0.15) is 12.8 Å². The number of carbonyl (C=O) groups is 1. The Kier molecular flexibility index (Phi) is 3.69. The fourth-order valence-corrected chi connectivity index (χ4v) is 1.64. The van der Waals surface area contributed by atoms with Crippen LogP contribution in [-0.2, 0) is 4.79 Å². The van der Waals surface area contributed by atoms with Gasteiger partial charge in [-0.1, -0.05) is 0 Å². The molecular weight excluding hydrogens is 166 g/mol. The van der Waals surface area contributed by atoms with Gasteiger partial charge < -0.3 is 11.1 Å². The monoisotopic (exact) mass is 185 g/mol. The summed E-state index contributed by atoms with van der Waals surface area (Å²) < 4.78 is 0. The molecular formula is C9H19N3O. The summed E-state index contributed by atoms with van der Waals surface area (Å²) >= 11 is 0. The number of hydrogen-bond acceptors (Lipinski definition) is 3. The summed E-state index contributed by atoms with van der Waals surface area (Å²) in [6.45, 7) is 1.10. The molecule has 1 amide bonds. The molecule has 0 aromatic rings. The van der Waals surface area contributed by atoms with Crippen LogP contribution in [0.25, 0.3) is 0 Å². The van der Waals surface area contributed by atoms with Crippen LogP contribution in [0.5, 0.6) is 0 Å². The number of nitrogens with one attached hydrogen (secondary N) is 1. The van der Waals surface area contributed by atoms with E-state index in [1.807, 2.05) is 7.05 Å². The lowest BCUT2D eigenvalue weighted by atomic mass is 10.1. The highest BCUT2D eigenvalue weighted by Gasteiger charge is 2.33. The Balaban J connectivity index is 2.34. The van der Waals surface area contributed by atoms with Gasteiger partial charge >= 0.3 is 0 Å². The SMILES string of the molecule is CNC(=O)CN(C)C(CN)C1CC1. The Labute approximate surface area is 79.5 Å². The molecule has 0 aliphatic heterocycles. The van der Waals surface area contributed by atoms with Crippen molar-refractivity contribution in [3.05, 3.63) is 0 Å². The molecule has 0 heterocycles. The number of likely N-dealkylation sites (N-methyl/N-ethyl adjacent to an activating group) is 2. The first-order valence-corrected chi connectivity index (χ1v) is 4.80. The molecule has 4 heteroatoms. The molecule has 1 saturated carbocycles. The molecule has 0 spiro atoms. The Hall–Kier alpha value is -0.610. The van der Waals surface area contributed by atoms with Gasteiger partial charge in [-0.2, -0.15) is 0 Å². The fraction of sp³-hybridized carbons (Fsp3) is 0.889. The number of nitrogens with zero attached hydrogens (tertiary/aromatic N) is 1. The summed E-state index contributed by atoms with van der Waals surface area (Å²) in [6, 6.07) is 0.386. The van der Waals surface area contributed by atoms with Crippen LogP contribution in [0.15, 0.2) is 0 Å². The quantitative estimate of drug-likeness (QED) is 0.601. The van der Waals surface area contributed by atoms with Gasteiger partial charge in [0.1, 0.15) is 0 Å². The van der Waals surface area contributed by atoms with Crippen LogP contribution >= 0.6 is 0 Å². The number of hydrogen-bond donors (Lipinski definition) is 2. The predicted octanol–water partition coefficient (Wildman–Crippen LogP) is -0.598. The van der Waals surface area contributed by atoms with Crippen LogP contribution in [0.2, 0.25) is 0 Å². The van der Waals surface area contributed by atoms with Crippen LogP contribution in [0.3, 0.4) is 0 Å². The lowest BCUT2D eigenvalue weighted by Crippen LogP contribution is -2.44. The molecule has 1 fully saturated rings. The maximum atomic E-state index is 11.1. The number of amides is 1. The zero-order valence-electron chi connectivity index (χ0n) is 8.42. The van der Waals surface area contributed by atoms with E-state index >= 15 is 0 Å². The van der Waals surface area contributed by atoms with Crippen LogP contribution in [0.4, 0.5) is 0 Å². The van der Waals surface area contributed by atoms with E-state index in [4.69, 9.17) is 5.73 Å². The first kappa shape index (κ1) is 10.5.